The monoisotopic (exact) mass is 624 g/mol. The second-order valence-corrected chi connectivity index (χ2v) is 11.4. The summed E-state index contributed by atoms with van der Waals surface area (Å²) in [5.74, 6) is 0.195. The van der Waals surface area contributed by atoms with Gasteiger partial charge in [0.05, 0.1) is 55.4 Å². The number of nitrogens with one attached hydrogen (secondary N) is 2. The van der Waals surface area contributed by atoms with E-state index in [-0.39, 0.29) is 47.4 Å². The maximum atomic E-state index is 13.9. The summed E-state index contributed by atoms with van der Waals surface area (Å²) in [4.78, 5) is 46.9. The number of β-amino-alcohol motifs (C(OH)–C–C–N with tert-alkyl or cyclic N) is 1. The molecule has 0 aromatic carbocycles. The van der Waals surface area contributed by atoms with Gasteiger partial charge >= 0.3 is 0 Å². The number of H-pyrrole nitrogens is 1. The molecule has 5 rings (SSSR count). The minimum absolute atomic E-state index is 0.0360. The van der Waals surface area contributed by atoms with Gasteiger partial charge in [0, 0.05) is 54.9 Å². The van der Waals surface area contributed by atoms with Crippen LogP contribution in [-0.2, 0) is 16.1 Å². The van der Waals surface area contributed by atoms with Gasteiger partial charge in [-0.15, -0.1) is 0 Å². The van der Waals surface area contributed by atoms with Crippen molar-refractivity contribution in [3.05, 3.63) is 56.2 Å². The molecule has 0 spiro atoms. The lowest BCUT2D eigenvalue weighted by Gasteiger charge is -2.28. The first-order chi connectivity index (χ1) is 21.0. The van der Waals surface area contributed by atoms with E-state index in [0.29, 0.717) is 59.3 Å². The second kappa shape index (κ2) is 12.9. The lowest BCUT2D eigenvalue weighted by Crippen LogP contribution is -2.44. The number of aromatic amines is 1. The Hall–Kier alpha value is -4.04. The number of aliphatic hydroxyl groups excluding tert-OH is 1. The summed E-state index contributed by atoms with van der Waals surface area (Å²) in [6.07, 6.45) is 2.62. The van der Waals surface area contributed by atoms with Gasteiger partial charge in [0.1, 0.15) is 10.9 Å². The minimum atomic E-state index is -0.724. The molecule has 14 heteroatoms. The number of carbonyl (C=O) groups is 2. The van der Waals surface area contributed by atoms with Crippen LogP contribution in [0, 0.1) is 27.7 Å². The number of fused-ring (bicyclic) bond motifs is 1. The number of aryl methyl sites for hydroxylation is 2. The predicted molar refractivity (Wildman–Crippen MR) is 167 cm³/mol. The number of halogens is 1. The molecule has 44 heavy (non-hydrogen) atoms. The lowest BCUT2D eigenvalue weighted by molar-refractivity contribution is -0.113. The number of morpholine rings is 1. The van der Waals surface area contributed by atoms with E-state index >= 15 is 0 Å². The minimum Gasteiger partial charge on any atom is -0.496 e. The SMILES string of the molecule is COc1c(C)cnc(CN2C(=O)/C(=C\c3[nH]c(C)c(C(=O)NC[C@H](O)CN4CCOCC4)c3C)c3c(Cl)nc(N)nc32)c1C. The summed E-state index contributed by atoms with van der Waals surface area (Å²) < 4.78 is 10.9. The number of pyridine rings is 1. The maximum absolute atomic E-state index is 13.9. The highest BCUT2D eigenvalue weighted by atomic mass is 35.5. The Bertz CT molecular complexity index is 1630. The highest BCUT2D eigenvalue weighted by Gasteiger charge is 2.38. The van der Waals surface area contributed by atoms with Crippen molar-refractivity contribution in [2.75, 3.05) is 57.1 Å². The molecule has 1 saturated heterocycles. The fourth-order valence-corrected chi connectivity index (χ4v) is 6.00. The number of amides is 2. The Balaban J connectivity index is 1.42. The Morgan fingerprint density at radius 2 is 1.98 bits per heavy atom. The number of aromatic nitrogens is 4. The van der Waals surface area contributed by atoms with Crippen molar-refractivity contribution in [3.63, 3.8) is 0 Å². The number of nitrogen functional groups attached to an aromatic ring is 1. The van der Waals surface area contributed by atoms with Gasteiger partial charge in [0.25, 0.3) is 11.8 Å². The zero-order chi connectivity index (χ0) is 31.7. The van der Waals surface area contributed by atoms with E-state index in [2.05, 4.69) is 30.2 Å². The Labute approximate surface area is 260 Å². The van der Waals surface area contributed by atoms with Crippen LogP contribution in [0.2, 0.25) is 5.15 Å². The highest BCUT2D eigenvalue weighted by Crippen LogP contribution is 2.42. The van der Waals surface area contributed by atoms with E-state index in [9.17, 15) is 14.7 Å². The van der Waals surface area contributed by atoms with Crippen LogP contribution < -0.4 is 20.7 Å². The van der Waals surface area contributed by atoms with Crippen molar-refractivity contribution in [1.82, 2.24) is 30.2 Å². The van der Waals surface area contributed by atoms with Crippen LogP contribution in [0.15, 0.2) is 6.20 Å². The van der Waals surface area contributed by atoms with Gasteiger partial charge in [-0.2, -0.15) is 4.98 Å². The summed E-state index contributed by atoms with van der Waals surface area (Å²) in [5, 5.41) is 13.4. The molecule has 234 valence electrons. The third-order valence-electron chi connectivity index (χ3n) is 7.98. The van der Waals surface area contributed by atoms with Crippen molar-refractivity contribution >= 4 is 46.8 Å². The van der Waals surface area contributed by atoms with Crippen LogP contribution in [0.25, 0.3) is 11.6 Å². The summed E-state index contributed by atoms with van der Waals surface area (Å²) in [6, 6.07) is 0. The number of aliphatic hydroxyl groups is 1. The molecule has 2 amide bonds. The normalized spacial score (nSPS) is 16.8. The summed E-state index contributed by atoms with van der Waals surface area (Å²) in [6.45, 7) is 10.7. The number of rotatable bonds is 9. The number of nitrogens with two attached hydrogens (primary N) is 1. The lowest BCUT2D eigenvalue weighted by atomic mass is 10.1. The van der Waals surface area contributed by atoms with Gasteiger partial charge < -0.3 is 30.6 Å². The quantitative estimate of drug-likeness (QED) is 0.204. The molecule has 5 heterocycles. The molecule has 13 nitrogen and oxygen atoms in total. The summed E-state index contributed by atoms with van der Waals surface area (Å²) in [7, 11) is 1.59. The summed E-state index contributed by atoms with van der Waals surface area (Å²) >= 11 is 6.54. The maximum Gasteiger partial charge on any atom is 0.260 e. The van der Waals surface area contributed by atoms with Gasteiger partial charge in [-0.1, -0.05) is 11.6 Å². The fraction of sp³-hybridized carbons (Fsp3) is 0.433. The average molecular weight is 625 g/mol. The smallest absolute Gasteiger partial charge is 0.260 e. The number of ether oxygens (including phenoxy) is 2. The largest absolute Gasteiger partial charge is 0.496 e. The van der Waals surface area contributed by atoms with E-state index in [1.54, 1.807) is 33.2 Å². The Kier molecular flexibility index (Phi) is 9.20. The number of hydrogen-bond donors (Lipinski definition) is 4. The van der Waals surface area contributed by atoms with E-state index in [0.717, 1.165) is 24.2 Å². The Morgan fingerprint density at radius 1 is 1.25 bits per heavy atom. The van der Waals surface area contributed by atoms with Crippen LogP contribution in [0.3, 0.4) is 0 Å². The molecule has 0 unspecified atom stereocenters. The molecular weight excluding hydrogens is 588 g/mol. The zero-order valence-electron chi connectivity index (χ0n) is 25.5. The van der Waals surface area contributed by atoms with Gasteiger partial charge in [-0.3, -0.25) is 24.4 Å². The molecule has 2 aliphatic heterocycles. The highest BCUT2D eigenvalue weighted by molar-refractivity contribution is 6.41. The predicted octanol–water partition coefficient (Wildman–Crippen LogP) is 2.19. The molecule has 0 radical (unpaired) electrons. The number of carbonyl (C=O) groups excluding carboxylic acids is 2. The van der Waals surface area contributed by atoms with E-state index in [4.69, 9.17) is 26.8 Å². The first kappa shape index (κ1) is 31.4. The molecule has 0 aliphatic carbocycles. The van der Waals surface area contributed by atoms with Gasteiger partial charge in [0.15, 0.2) is 5.82 Å². The number of anilines is 2. The van der Waals surface area contributed by atoms with Crippen molar-refractivity contribution in [3.8, 4) is 5.75 Å². The first-order valence-electron chi connectivity index (χ1n) is 14.3. The van der Waals surface area contributed by atoms with E-state index in [1.807, 2.05) is 13.8 Å². The molecular formula is C30H37ClN8O5. The molecule has 0 saturated carbocycles. The van der Waals surface area contributed by atoms with Gasteiger partial charge in [0.2, 0.25) is 5.95 Å². The molecule has 0 bridgehead atoms. The second-order valence-electron chi connectivity index (χ2n) is 11.0. The number of methoxy groups -OCH3 is 1. The van der Waals surface area contributed by atoms with Crippen LogP contribution >= 0.6 is 11.6 Å². The molecule has 2 aliphatic rings. The number of nitrogens with zero attached hydrogens (tertiary/aromatic N) is 5. The van der Waals surface area contributed by atoms with Crippen LogP contribution in [-0.4, -0.2) is 94.4 Å². The first-order valence-corrected chi connectivity index (χ1v) is 14.7. The third kappa shape index (κ3) is 6.13. The topological polar surface area (TPSA) is 172 Å². The van der Waals surface area contributed by atoms with Crippen LogP contribution in [0.1, 0.15) is 49.7 Å². The van der Waals surface area contributed by atoms with E-state index in [1.165, 1.54) is 4.90 Å². The fourth-order valence-electron chi connectivity index (χ4n) is 5.72. The molecule has 1 atom stereocenters. The molecule has 1 fully saturated rings. The van der Waals surface area contributed by atoms with E-state index < -0.39 is 6.10 Å². The van der Waals surface area contributed by atoms with Crippen LogP contribution in [0.5, 0.6) is 5.75 Å². The Morgan fingerprint density at radius 3 is 2.68 bits per heavy atom. The van der Waals surface area contributed by atoms with Crippen molar-refractivity contribution < 1.29 is 24.2 Å². The van der Waals surface area contributed by atoms with Gasteiger partial charge in [-0.05, 0) is 39.3 Å². The zero-order valence-corrected chi connectivity index (χ0v) is 26.2. The molecule has 3 aromatic heterocycles. The third-order valence-corrected chi connectivity index (χ3v) is 8.26. The number of hydrogen-bond acceptors (Lipinski definition) is 10. The van der Waals surface area contributed by atoms with Crippen molar-refractivity contribution in [2.45, 2.75) is 40.3 Å². The standard InChI is InChI=1S/C30H37ClN8O5/c1-15-11-33-22(17(3)25(15)43-5)14-39-27-24(26(31)36-30(32)37-27)20(29(39)42)10-21-16(2)23(18(4)35-21)28(41)34-12-19(40)13-38-6-8-44-9-7-38/h10-11,19,35,40H,6-9,12-14H2,1-5H3,(H,34,41)(H2,32,36,37)/b20-10-/t19-/m0/s1. The average Bonchev–Trinajstić information content (AvgIpc) is 3.41. The van der Waals surface area contributed by atoms with Crippen molar-refractivity contribution in [1.29, 1.82) is 0 Å². The summed E-state index contributed by atoms with van der Waals surface area (Å²) in [5.41, 5.74) is 11.1. The van der Waals surface area contributed by atoms with Gasteiger partial charge in [-0.25, -0.2) is 4.98 Å². The molecule has 5 N–H and O–H groups in total. The van der Waals surface area contributed by atoms with Crippen LogP contribution in [0.4, 0.5) is 11.8 Å². The van der Waals surface area contributed by atoms with Crippen molar-refractivity contribution in [2.24, 2.45) is 0 Å². The molecule has 3 aromatic rings.